The second-order valence-corrected chi connectivity index (χ2v) is 9.43. The summed E-state index contributed by atoms with van der Waals surface area (Å²) < 4.78 is 6.74. The maximum atomic E-state index is 13.3. The highest BCUT2D eigenvalue weighted by Crippen LogP contribution is 2.42. The molecule has 4 rings (SSSR count). The van der Waals surface area contributed by atoms with Crippen LogP contribution >= 0.6 is 11.3 Å². The summed E-state index contributed by atoms with van der Waals surface area (Å²) in [5, 5.41) is 22.6. The number of amides is 1. The van der Waals surface area contributed by atoms with Gasteiger partial charge in [-0.1, -0.05) is 25.5 Å². The topological polar surface area (TPSA) is 122 Å². The van der Waals surface area contributed by atoms with Crippen LogP contribution in [-0.4, -0.2) is 37.8 Å². The molecule has 0 aliphatic carbocycles. The van der Waals surface area contributed by atoms with Crippen LogP contribution in [0.25, 0.3) is 11.3 Å². The lowest BCUT2D eigenvalue weighted by molar-refractivity contribution is -0.118. The van der Waals surface area contributed by atoms with Crippen molar-refractivity contribution in [3.63, 3.8) is 0 Å². The van der Waals surface area contributed by atoms with Gasteiger partial charge >= 0.3 is 5.69 Å². The zero-order chi connectivity index (χ0) is 23.6. The van der Waals surface area contributed by atoms with E-state index in [2.05, 4.69) is 27.8 Å². The van der Waals surface area contributed by atoms with Gasteiger partial charge in [0.1, 0.15) is 11.4 Å². The summed E-state index contributed by atoms with van der Waals surface area (Å²) in [7, 11) is 0. The van der Waals surface area contributed by atoms with Crippen molar-refractivity contribution < 1.29 is 14.6 Å². The summed E-state index contributed by atoms with van der Waals surface area (Å²) in [5.74, 6) is 0.355. The molecule has 1 amide bonds. The van der Waals surface area contributed by atoms with Crippen LogP contribution in [0.1, 0.15) is 61.5 Å². The number of hydrogen-bond acceptors (Lipinski definition) is 7. The van der Waals surface area contributed by atoms with Gasteiger partial charge in [0.2, 0.25) is 0 Å². The number of rotatable bonds is 8. The maximum Gasteiger partial charge on any atom is 0.366 e. The first kappa shape index (κ1) is 22.9. The Morgan fingerprint density at radius 1 is 1.24 bits per heavy atom. The minimum absolute atomic E-state index is 0.129. The van der Waals surface area contributed by atoms with E-state index in [9.17, 15) is 14.7 Å². The Morgan fingerprint density at radius 2 is 2.00 bits per heavy atom. The maximum absolute atomic E-state index is 13.3. The lowest BCUT2D eigenvalue weighted by Crippen LogP contribution is -2.49. The Labute approximate surface area is 195 Å². The first-order valence-corrected chi connectivity index (χ1v) is 11.7. The predicted molar refractivity (Wildman–Crippen MR) is 126 cm³/mol. The zero-order valence-corrected chi connectivity index (χ0v) is 19.6. The molecule has 2 atom stereocenters. The third kappa shape index (κ3) is 4.62. The molecule has 0 bridgehead atoms. The molecule has 33 heavy (non-hydrogen) atoms. The minimum Gasteiger partial charge on any atom is -0.494 e. The molecule has 0 saturated carbocycles. The highest BCUT2D eigenvalue weighted by Gasteiger charge is 2.39. The van der Waals surface area contributed by atoms with Crippen molar-refractivity contribution in [2.45, 2.75) is 51.7 Å². The largest absolute Gasteiger partial charge is 0.494 e. The Bertz CT molecular complexity index is 1220. The van der Waals surface area contributed by atoms with Crippen LogP contribution in [0.2, 0.25) is 0 Å². The number of thiophene rings is 1. The Kier molecular flexibility index (Phi) is 6.48. The summed E-state index contributed by atoms with van der Waals surface area (Å²) >= 11 is 1.38. The van der Waals surface area contributed by atoms with Crippen molar-refractivity contribution in [1.29, 1.82) is 0 Å². The Balaban J connectivity index is 1.74. The molecule has 0 fully saturated rings. The fraction of sp³-hybridized carbons (Fsp3) is 0.391. The average molecular weight is 470 g/mol. The second-order valence-electron chi connectivity index (χ2n) is 8.31. The molecule has 174 valence electrons. The van der Waals surface area contributed by atoms with Crippen molar-refractivity contribution in [2.24, 2.45) is 0 Å². The number of nitrogens with one attached hydrogen (secondary N) is 2. The van der Waals surface area contributed by atoms with Gasteiger partial charge in [0.25, 0.3) is 5.91 Å². The summed E-state index contributed by atoms with van der Waals surface area (Å²) in [6, 6.07) is 11.4. The van der Waals surface area contributed by atoms with Crippen molar-refractivity contribution in [2.75, 3.05) is 6.61 Å². The normalized spacial score (nSPS) is 19.5. The average Bonchev–Trinajstić information content (AvgIpc) is 3.44. The van der Waals surface area contributed by atoms with Crippen LogP contribution in [0.4, 0.5) is 0 Å². The molecule has 1 aliphatic heterocycles. The first-order valence-electron chi connectivity index (χ1n) is 10.9. The highest BCUT2D eigenvalue weighted by atomic mass is 32.1. The van der Waals surface area contributed by atoms with Gasteiger partial charge in [-0.05, 0) is 60.5 Å². The fourth-order valence-electron chi connectivity index (χ4n) is 3.87. The number of aromatic amines is 1. The molecule has 9 nitrogen and oxygen atoms in total. The van der Waals surface area contributed by atoms with Gasteiger partial charge in [0.05, 0.1) is 18.2 Å². The molecule has 2 aromatic heterocycles. The van der Waals surface area contributed by atoms with E-state index in [1.165, 1.54) is 11.3 Å². The monoisotopic (exact) mass is 469 g/mol. The van der Waals surface area contributed by atoms with Gasteiger partial charge in [-0.3, -0.25) is 4.79 Å². The van der Waals surface area contributed by atoms with Gasteiger partial charge in [-0.2, -0.15) is 4.68 Å². The predicted octanol–water partition coefficient (Wildman–Crippen LogP) is 3.06. The Morgan fingerprint density at radius 3 is 2.61 bits per heavy atom. The minimum atomic E-state index is -0.722. The SMILES string of the molecule is CCCCOc1ccc([C@]2(C)CC(c3ccc(C(C)O)s3)=C(n3nn[nH]c3=O)C(=O)N2)cc1. The molecule has 0 spiro atoms. The number of H-pyrrole nitrogens is 1. The van der Waals surface area contributed by atoms with Crippen molar-refractivity contribution >= 4 is 28.5 Å². The fourth-order valence-corrected chi connectivity index (χ4v) is 4.86. The molecule has 3 N–H and O–H groups in total. The summed E-state index contributed by atoms with van der Waals surface area (Å²) in [4.78, 5) is 27.1. The number of nitrogens with zero attached hydrogens (tertiary/aromatic N) is 3. The number of tetrazole rings is 1. The van der Waals surface area contributed by atoms with E-state index in [-0.39, 0.29) is 5.70 Å². The van der Waals surface area contributed by atoms with E-state index in [0.29, 0.717) is 18.6 Å². The Hall–Kier alpha value is -3.24. The third-order valence-corrected chi connectivity index (χ3v) is 7.01. The number of unbranched alkanes of at least 4 members (excludes halogenated alkanes) is 1. The number of ether oxygens (including phenoxy) is 1. The number of carbonyl (C=O) groups excluding carboxylic acids is 1. The highest BCUT2D eigenvalue weighted by molar-refractivity contribution is 7.13. The third-order valence-electron chi connectivity index (χ3n) is 5.70. The molecule has 0 saturated heterocycles. The van der Waals surface area contributed by atoms with Gasteiger partial charge < -0.3 is 15.2 Å². The van der Waals surface area contributed by atoms with Crippen LogP contribution in [0.3, 0.4) is 0 Å². The van der Waals surface area contributed by atoms with Crippen LogP contribution in [0.15, 0.2) is 41.2 Å². The summed E-state index contributed by atoms with van der Waals surface area (Å²) in [5.41, 5.74) is 0.388. The van der Waals surface area contributed by atoms with E-state index in [0.717, 1.165) is 38.6 Å². The molecule has 1 aromatic carbocycles. The first-order chi connectivity index (χ1) is 15.8. The van der Waals surface area contributed by atoms with E-state index >= 15 is 0 Å². The molecule has 1 aliphatic rings. The molecule has 3 aromatic rings. The number of aliphatic hydroxyl groups excluding tert-OH is 1. The van der Waals surface area contributed by atoms with E-state index in [4.69, 9.17) is 4.74 Å². The standard InChI is InChI=1S/C23H27N5O4S/c1-4-5-12-32-16-8-6-15(7-9-16)23(3)13-17(19-11-10-18(33-19)14(2)29)20(21(30)24-23)28-22(31)25-26-27-28/h6-11,14,29H,4-5,12-13H2,1-3H3,(H,24,30)(H,25,27,31)/t14?,23-/m0/s1. The van der Waals surface area contributed by atoms with Gasteiger partial charge in [0, 0.05) is 21.7 Å². The van der Waals surface area contributed by atoms with E-state index in [1.54, 1.807) is 6.92 Å². The second kappa shape index (κ2) is 9.32. The van der Waals surface area contributed by atoms with Gasteiger partial charge in [0.15, 0.2) is 0 Å². The van der Waals surface area contributed by atoms with E-state index < -0.39 is 23.2 Å². The van der Waals surface area contributed by atoms with Gasteiger partial charge in [-0.15, -0.1) is 11.3 Å². The smallest absolute Gasteiger partial charge is 0.366 e. The lowest BCUT2D eigenvalue weighted by Gasteiger charge is -2.37. The quantitative estimate of drug-likeness (QED) is 0.436. The van der Waals surface area contributed by atoms with Gasteiger partial charge in [-0.25, -0.2) is 9.89 Å². The van der Waals surface area contributed by atoms with E-state index in [1.807, 2.05) is 43.3 Å². The lowest BCUT2D eigenvalue weighted by atomic mass is 9.81. The number of benzene rings is 1. The molecular weight excluding hydrogens is 442 g/mol. The number of carbonyl (C=O) groups is 1. The number of hydrogen-bond donors (Lipinski definition) is 3. The molecule has 10 heteroatoms. The molecular formula is C23H27N5O4S. The van der Waals surface area contributed by atoms with Crippen molar-refractivity contribution in [3.05, 3.63) is 62.2 Å². The van der Waals surface area contributed by atoms with Crippen LogP contribution in [0.5, 0.6) is 5.75 Å². The van der Waals surface area contributed by atoms with Crippen LogP contribution in [0, 0.1) is 0 Å². The molecule has 1 unspecified atom stereocenters. The molecule has 3 heterocycles. The van der Waals surface area contributed by atoms with Crippen molar-refractivity contribution in [3.8, 4) is 5.75 Å². The number of aromatic nitrogens is 4. The van der Waals surface area contributed by atoms with Crippen LogP contribution in [-0.2, 0) is 10.3 Å². The summed E-state index contributed by atoms with van der Waals surface area (Å²) in [6.07, 6.45) is 1.84. The van der Waals surface area contributed by atoms with Crippen molar-refractivity contribution in [1.82, 2.24) is 25.5 Å². The zero-order valence-electron chi connectivity index (χ0n) is 18.8. The molecule has 0 radical (unpaired) electrons. The van der Waals surface area contributed by atoms with Crippen LogP contribution < -0.4 is 15.7 Å². The summed E-state index contributed by atoms with van der Waals surface area (Å²) in [6.45, 7) is 6.41. The number of aliphatic hydroxyl groups is 1.